The van der Waals surface area contributed by atoms with Crippen molar-refractivity contribution in [2.24, 2.45) is 0 Å². The number of fused-ring (bicyclic) bond motifs is 1. The third kappa shape index (κ3) is 1.11. The number of hydrogen-bond acceptors (Lipinski definition) is 1. The quantitative estimate of drug-likeness (QED) is 0.660. The summed E-state index contributed by atoms with van der Waals surface area (Å²) in [7, 11) is 0. The van der Waals surface area contributed by atoms with Gasteiger partial charge in [-0.05, 0) is 36.1 Å². The molecule has 64 valence electrons. The summed E-state index contributed by atoms with van der Waals surface area (Å²) in [4.78, 5) is 0. The van der Waals surface area contributed by atoms with Crippen LogP contribution in [-0.2, 0) is 6.42 Å². The van der Waals surface area contributed by atoms with Crippen LogP contribution in [0.15, 0.2) is 12.1 Å². The second-order valence-corrected chi connectivity index (χ2v) is 3.42. The average Bonchev–Trinajstić information content (AvgIpc) is 2.33. The first-order valence-electron chi connectivity index (χ1n) is 3.84. The molecule has 0 bridgehead atoms. The second kappa shape index (κ2) is 2.71. The lowest BCUT2D eigenvalue weighted by molar-refractivity contribution is 0.179. The molecule has 0 spiro atoms. The third-order valence-corrected chi connectivity index (χ3v) is 2.56. The summed E-state index contributed by atoms with van der Waals surface area (Å²) in [6, 6.07) is 2.65. The molecule has 1 aliphatic rings. The highest BCUT2D eigenvalue weighted by Crippen LogP contribution is 2.35. The van der Waals surface area contributed by atoms with Gasteiger partial charge in [0.15, 0.2) is 0 Å². The highest BCUT2D eigenvalue weighted by Gasteiger charge is 2.23. The van der Waals surface area contributed by atoms with Crippen molar-refractivity contribution in [1.82, 2.24) is 0 Å². The first kappa shape index (κ1) is 8.02. The van der Waals surface area contributed by atoms with Crippen LogP contribution in [0.4, 0.5) is 4.39 Å². The summed E-state index contributed by atoms with van der Waals surface area (Å²) in [6.45, 7) is 0. The molecule has 1 atom stereocenters. The molecule has 1 aromatic rings. The van der Waals surface area contributed by atoms with Crippen molar-refractivity contribution in [2.45, 2.75) is 18.9 Å². The topological polar surface area (TPSA) is 20.2 Å². The fraction of sp³-hybridized carbons (Fsp3) is 0.333. The SMILES string of the molecule is OC1CCc2c(Cl)cc(F)cc21. The van der Waals surface area contributed by atoms with Gasteiger partial charge in [-0.15, -0.1) is 0 Å². The minimum atomic E-state index is -0.534. The van der Waals surface area contributed by atoms with E-state index in [9.17, 15) is 9.50 Å². The number of aliphatic hydroxyl groups excluding tert-OH is 1. The van der Waals surface area contributed by atoms with Gasteiger partial charge in [0.1, 0.15) is 5.82 Å². The number of hydrogen-bond donors (Lipinski definition) is 1. The number of aliphatic hydroxyl groups is 1. The van der Waals surface area contributed by atoms with Crippen molar-refractivity contribution in [3.05, 3.63) is 34.1 Å². The Bertz CT molecular complexity index is 325. The Balaban J connectivity index is 2.60. The van der Waals surface area contributed by atoms with Gasteiger partial charge >= 0.3 is 0 Å². The largest absolute Gasteiger partial charge is 0.388 e. The summed E-state index contributed by atoms with van der Waals surface area (Å²) in [5.74, 6) is -0.375. The maximum atomic E-state index is 12.8. The van der Waals surface area contributed by atoms with Crippen molar-refractivity contribution in [2.75, 3.05) is 0 Å². The van der Waals surface area contributed by atoms with E-state index in [0.29, 0.717) is 17.0 Å². The molecule has 1 aliphatic carbocycles. The normalized spacial score (nSPS) is 21.1. The Morgan fingerprint density at radius 3 is 3.00 bits per heavy atom. The van der Waals surface area contributed by atoms with Crippen LogP contribution in [0.3, 0.4) is 0 Å². The van der Waals surface area contributed by atoms with Crippen molar-refractivity contribution in [3.63, 3.8) is 0 Å². The van der Waals surface area contributed by atoms with Gasteiger partial charge in [0.2, 0.25) is 0 Å². The maximum Gasteiger partial charge on any atom is 0.125 e. The van der Waals surface area contributed by atoms with Gasteiger partial charge in [0.25, 0.3) is 0 Å². The molecule has 0 saturated carbocycles. The van der Waals surface area contributed by atoms with E-state index in [2.05, 4.69) is 0 Å². The van der Waals surface area contributed by atoms with Gasteiger partial charge < -0.3 is 5.11 Å². The molecule has 0 fully saturated rings. The molecule has 0 heterocycles. The van der Waals surface area contributed by atoms with Gasteiger partial charge in [-0.3, -0.25) is 0 Å². The van der Waals surface area contributed by atoms with Gasteiger partial charge in [-0.2, -0.15) is 0 Å². The Morgan fingerprint density at radius 2 is 2.25 bits per heavy atom. The van der Waals surface area contributed by atoms with E-state index in [4.69, 9.17) is 11.6 Å². The van der Waals surface area contributed by atoms with Crippen LogP contribution in [0.5, 0.6) is 0 Å². The van der Waals surface area contributed by atoms with Gasteiger partial charge in [-0.25, -0.2) is 4.39 Å². The fourth-order valence-corrected chi connectivity index (χ4v) is 1.93. The van der Waals surface area contributed by atoms with E-state index >= 15 is 0 Å². The Kier molecular flexibility index (Phi) is 1.81. The van der Waals surface area contributed by atoms with Gasteiger partial charge in [-0.1, -0.05) is 11.6 Å². The number of rotatable bonds is 0. The molecule has 0 saturated heterocycles. The molecule has 0 aliphatic heterocycles. The molecule has 12 heavy (non-hydrogen) atoms. The van der Waals surface area contributed by atoms with Crippen LogP contribution in [-0.4, -0.2) is 5.11 Å². The van der Waals surface area contributed by atoms with E-state index in [-0.39, 0.29) is 5.82 Å². The van der Waals surface area contributed by atoms with Crippen LogP contribution in [0.1, 0.15) is 23.7 Å². The molecule has 2 rings (SSSR count). The highest BCUT2D eigenvalue weighted by molar-refractivity contribution is 6.31. The van der Waals surface area contributed by atoms with Crippen molar-refractivity contribution >= 4 is 11.6 Å². The summed E-state index contributed by atoms with van der Waals surface area (Å²) < 4.78 is 12.8. The lowest BCUT2D eigenvalue weighted by atomic mass is 10.1. The summed E-state index contributed by atoms with van der Waals surface area (Å²) in [5.41, 5.74) is 1.55. The zero-order chi connectivity index (χ0) is 8.72. The number of benzene rings is 1. The van der Waals surface area contributed by atoms with Gasteiger partial charge in [0.05, 0.1) is 6.10 Å². The lowest BCUT2D eigenvalue weighted by Crippen LogP contribution is -1.91. The molecule has 0 radical (unpaired) electrons. The van der Waals surface area contributed by atoms with Crippen molar-refractivity contribution < 1.29 is 9.50 Å². The first-order chi connectivity index (χ1) is 5.68. The molecule has 0 amide bonds. The Labute approximate surface area is 74.8 Å². The van der Waals surface area contributed by atoms with E-state index in [1.54, 1.807) is 0 Å². The summed E-state index contributed by atoms with van der Waals surface area (Å²) in [5, 5.41) is 9.84. The summed E-state index contributed by atoms with van der Waals surface area (Å²) >= 11 is 5.79. The second-order valence-electron chi connectivity index (χ2n) is 3.01. The molecule has 3 heteroatoms. The third-order valence-electron chi connectivity index (χ3n) is 2.22. The van der Waals surface area contributed by atoms with Crippen LogP contribution < -0.4 is 0 Å². The van der Waals surface area contributed by atoms with E-state index in [0.717, 1.165) is 12.0 Å². The standard InChI is InChI=1S/C9H8ClFO/c10-8-4-5(11)3-7-6(8)1-2-9(7)12/h3-4,9,12H,1-2H2. The fourth-order valence-electron chi connectivity index (χ4n) is 1.62. The average molecular weight is 187 g/mol. The Hall–Kier alpha value is -0.600. The molecular weight excluding hydrogens is 179 g/mol. The van der Waals surface area contributed by atoms with E-state index in [1.165, 1.54) is 12.1 Å². The maximum absolute atomic E-state index is 12.8. The zero-order valence-corrected chi connectivity index (χ0v) is 7.11. The summed E-state index contributed by atoms with van der Waals surface area (Å²) in [6.07, 6.45) is 0.863. The predicted octanol–water partition coefficient (Wildman–Crippen LogP) is 2.46. The van der Waals surface area contributed by atoms with E-state index in [1.807, 2.05) is 0 Å². The first-order valence-corrected chi connectivity index (χ1v) is 4.22. The van der Waals surface area contributed by atoms with Crippen LogP contribution >= 0.6 is 11.6 Å². The van der Waals surface area contributed by atoms with Crippen LogP contribution in [0.25, 0.3) is 0 Å². The predicted molar refractivity (Wildman–Crippen MR) is 44.7 cm³/mol. The number of halogens is 2. The van der Waals surface area contributed by atoms with Crippen LogP contribution in [0, 0.1) is 5.82 Å². The van der Waals surface area contributed by atoms with Crippen molar-refractivity contribution in [3.8, 4) is 0 Å². The smallest absolute Gasteiger partial charge is 0.125 e. The molecule has 1 aromatic carbocycles. The molecule has 1 unspecified atom stereocenters. The van der Waals surface area contributed by atoms with Gasteiger partial charge in [0, 0.05) is 5.02 Å². The Morgan fingerprint density at radius 1 is 1.50 bits per heavy atom. The minimum absolute atomic E-state index is 0.375. The monoisotopic (exact) mass is 186 g/mol. The molecular formula is C9H8ClFO. The highest BCUT2D eigenvalue weighted by atomic mass is 35.5. The minimum Gasteiger partial charge on any atom is -0.388 e. The van der Waals surface area contributed by atoms with Crippen LogP contribution in [0.2, 0.25) is 5.02 Å². The van der Waals surface area contributed by atoms with Crippen molar-refractivity contribution in [1.29, 1.82) is 0 Å². The molecule has 1 N–H and O–H groups in total. The zero-order valence-electron chi connectivity index (χ0n) is 6.35. The molecule has 1 nitrogen and oxygen atoms in total. The van der Waals surface area contributed by atoms with E-state index < -0.39 is 6.10 Å². The molecule has 0 aromatic heterocycles. The lowest BCUT2D eigenvalue weighted by Gasteiger charge is -2.04.